The highest BCUT2D eigenvalue weighted by Gasteiger charge is 2.18. The SMILES string of the molecule is CCOc1cc(F)ccc1NC(=O)Cn1nc2n(c1=O)CCCCC2. The molecule has 0 saturated carbocycles. The number of rotatable bonds is 5. The van der Waals surface area contributed by atoms with Crippen LogP contribution in [0.3, 0.4) is 0 Å². The molecule has 0 bridgehead atoms. The molecule has 0 atom stereocenters. The fraction of sp³-hybridized carbons (Fsp3) is 0.471. The number of anilines is 1. The van der Waals surface area contributed by atoms with E-state index in [1.54, 1.807) is 11.5 Å². The summed E-state index contributed by atoms with van der Waals surface area (Å²) in [6.07, 6.45) is 3.76. The van der Waals surface area contributed by atoms with Gasteiger partial charge in [-0.1, -0.05) is 6.42 Å². The Hall–Kier alpha value is -2.64. The van der Waals surface area contributed by atoms with E-state index in [0.29, 0.717) is 18.8 Å². The van der Waals surface area contributed by atoms with E-state index in [1.807, 2.05) is 0 Å². The number of halogens is 1. The molecule has 0 unspecified atom stereocenters. The smallest absolute Gasteiger partial charge is 0.346 e. The van der Waals surface area contributed by atoms with Gasteiger partial charge in [0.05, 0.1) is 12.3 Å². The van der Waals surface area contributed by atoms with E-state index < -0.39 is 11.7 Å². The van der Waals surface area contributed by atoms with Crippen molar-refractivity contribution in [3.05, 3.63) is 40.3 Å². The van der Waals surface area contributed by atoms with Crippen LogP contribution in [-0.2, 0) is 24.3 Å². The fourth-order valence-corrected chi connectivity index (χ4v) is 2.93. The second-order valence-corrected chi connectivity index (χ2v) is 5.94. The number of benzene rings is 1. The van der Waals surface area contributed by atoms with Crippen molar-refractivity contribution in [3.8, 4) is 5.75 Å². The molecule has 1 amide bonds. The van der Waals surface area contributed by atoms with E-state index in [0.717, 1.165) is 31.5 Å². The van der Waals surface area contributed by atoms with E-state index in [2.05, 4.69) is 10.4 Å². The van der Waals surface area contributed by atoms with Crippen LogP contribution in [0.5, 0.6) is 5.75 Å². The number of carbonyl (C=O) groups is 1. The molecule has 1 aliphatic rings. The minimum Gasteiger partial charge on any atom is -0.492 e. The van der Waals surface area contributed by atoms with Crippen LogP contribution < -0.4 is 15.7 Å². The number of hydrogen-bond acceptors (Lipinski definition) is 4. The molecule has 7 nitrogen and oxygen atoms in total. The highest BCUT2D eigenvalue weighted by molar-refractivity contribution is 5.92. The Morgan fingerprint density at radius 1 is 1.36 bits per heavy atom. The first kappa shape index (κ1) is 17.2. The fourth-order valence-electron chi connectivity index (χ4n) is 2.93. The molecule has 2 heterocycles. The monoisotopic (exact) mass is 348 g/mol. The van der Waals surface area contributed by atoms with Crippen LogP contribution in [0, 0.1) is 5.82 Å². The van der Waals surface area contributed by atoms with E-state index in [4.69, 9.17) is 4.74 Å². The van der Waals surface area contributed by atoms with Crippen LogP contribution in [0.15, 0.2) is 23.0 Å². The number of amides is 1. The summed E-state index contributed by atoms with van der Waals surface area (Å²) in [5.41, 5.74) is 0.0956. The van der Waals surface area contributed by atoms with Crippen molar-refractivity contribution < 1.29 is 13.9 Å². The van der Waals surface area contributed by atoms with Gasteiger partial charge in [-0.15, -0.1) is 0 Å². The maximum absolute atomic E-state index is 13.3. The summed E-state index contributed by atoms with van der Waals surface area (Å²) in [5.74, 6) is 0.120. The summed E-state index contributed by atoms with van der Waals surface area (Å²) in [6.45, 7) is 2.57. The van der Waals surface area contributed by atoms with Gasteiger partial charge in [0.2, 0.25) is 5.91 Å². The molecule has 25 heavy (non-hydrogen) atoms. The molecule has 1 aromatic heterocycles. The summed E-state index contributed by atoms with van der Waals surface area (Å²) in [6, 6.07) is 3.89. The highest BCUT2D eigenvalue weighted by Crippen LogP contribution is 2.25. The molecule has 0 radical (unpaired) electrons. The predicted molar refractivity (Wildman–Crippen MR) is 90.2 cm³/mol. The summed E-state index contributed by atoms with van der Waals surface area (Å²) in [5, 5.41) is 6.93. The van der Waals surface area contributed by atoms with Gasteiger partial charge in [0.25, 0.3) is 0 Å². The Kier molecular flexibility index (Phi) is 5.16. The van der Waals surface area contributed by atoms with Crippen LogP contribution in [0.4, 0.5) is 10.1 Å². The third-order valence-corrected chi connectivity index (χ3v) is 4.09. The highest BCUT2D eigenvalue weighted by atomic mass is 19.1. The third kappa shape index (κ3) is 3.89. The van der Waals surface area contributed by atoms with E-state index in [9.17, 15) is 14.0 Å². The molecule has 2 aromatic rings. The first-order valence-corrected chi connectivity index (χ1v) is 8.47. The Morgan fingerprint density at radius 3 is 3.00 bits per heavy atom. The second-order valence-electron chi connectivity index (χ2n) is 5.94. The molecule has 1 aliphatic heterocycles. The molecule has 0 aliphatic carbocycles. The van der Waals surface area contributed by atoms with Gasteiger partial charge in [-0.05, 0) is 31.9 Å². The summed E-state index contributed by atoms with van der Waals surface area (Å²) < 4.78 is 21.5. The number of fused-ring (bicyclic) bond motifs is 1. The lowest BCUT2D eigenvalue weighted by Crippen LogP contribution is -2.30. The molecular weight excluding hydrogens is 327 g/mol. The summed E-state index contributed by atoms with van der Waals surface area (Å²) in [7, 11) is 0. The Labute approximate surface area is 144 Å². The number of nitrogens with zero attached hydrogens (tertiary/aromatic N) is 3. The Morgan fingerprint density at radius 2 is 2.20 bits per heavy atom. The van der Waals surface area contributed by atoms with Crippen LogP contribution in [0.1, 0.15) is 32.0 Å². The first-order chi connectivity index (χ1) is 12.1. The number of carbonyl (C=O) groups excluding carboxylic acids is 1. The van der Waals surface area contributed by atoms with Gasteiger partial charge < -0.3 is 10.1 Å². The van der Waals surface area contributed by atoms with Gasteiger partial charge in [0.15, 0.2) is 0 Å². The number of nitrogens with one attached hydrogen (secondary N) is 1. The molecule has 0 fully saturated rings. The topological polar surface area (TPSA) is 78.2 Å². The van der Waals surface area contributed by atoms with Crippen molar-refractivity contribution in [2.45, 2.75) is 45.7 Å². The van der Waals surface area contributed by atoms with Gasteiger partial charge in [0.1, 0.15) is 23.9 Å². The maximum atomic E-state index is 13.3. The lowest BCUT2D eigenvalue weighted by atomic mass is 10.2. The molecule has 1 N–H and O–H groups in total. The van der Waals surface area contributed by atoms with E-state index in [-0.39, 0.29) is 18.0 Å². The predicted octanol–water partition coefficient (Wildman–Crippen LogP) is 1.95. The Balaban J connectivity index is 1.74. The second kappa shape index (κ2) is 7.50. The zero-order valence-electron chi connectivity index (χ0n) is 14.1. The number of hydrogen-bond donors (Lipinski definition) is 1. The van der Waals surface area contributed by atoms with Gasteiger partial charge in [0, 0.05) is 19.0 Å². The zero-order chi connectivity index (χ0) is 17.8. The average molecular weight is 348 g/mol. The molecule has 0 saturated heterocycles. The Bertz CT molecular complexity index is 828. The lowest BCUT2D eigenvalue weighted by molar-refractivity contribution is -0.117. The first-order valence-electron chi connectivity index (χ1n) is 8.47. The number of aromatic nitrogens is 3. The third-order valence-electron chi connectivity index (χ3n) is 4.09. The van der Waals surface area contributed by atoms with Gasteiger partial charge in [-0.3, -0.25) is 9.36 Å². The van der Waals surface area contributed by atoms with Gasteiger partial charge >= 0.3 is 5.69 Å². The van der Waals surface area contributed by atoms with Crippen molar-refractivity contribution in [3.63, 3.8) is 0 Å². The molecular formula is C17H21FN4O3. The molecule has 134 valence electrons. The zero-order valence-corrected chi connectivity index (χ0v) is 14.1. The van der Waals surface area contributed by atoms with Crippen molar-refractivity contribution in [2.75, 3.05) is 11.9 Å². The van der Waals surface area contributed by atoms with Gasteiger partial charge in [-0.2, -0.15) is 5.10 Å². The van der Waals surface area contributed by atoms with E-state index >= 15 is 0 Å². The molecule has 0 spiro atoms. The average Bonchev–Trinajstić information content (AvgIpc) is 2.75. The molecule has 1 aromatic carbocycles. The maximum Gasteiger partial charge on any atom is 0.346 e. The quantitative estimate of drug-likeness (QED) is 0.896. The minimum absolute atomic E-state index is 0.193. The van der Waals surface area contributed by atoms with Crippen LogP contribution in [0.2, 0.25) is 0 Å². The van der Waals surface area contributed by atoms with Crippen LogP contribution >= 0.6 is 0 Å². The normalized spacial score (nSPS) is 13.8. The van der Waals surface area contributed by atoms with Crippen molar-refractivity contribution >= 4 is 11.6 Å². The largest absolute Gasteiger partial charge is 0.492 e. The molecule has 8 heteroatoms. The van der Waals surface area contributed by atoms with Crippen LogP contribution in [-0.4, -0.2) is 26.9 Å². The minimum atomic E-state index is -0.449. The van der Waals surface area contributed by atoms with Crippen LogP contribution in [0.25, 0.3) is 0 Å². The van der Waals surface area contributed by atoms with Crippen molar-refractivity contribution in [1.82, 2.24) is 14.3 Å². The van der Waals surface area contributed by atoms with E-state index in [1.165, 1.54) is 22.9 Å². The number of ether oxygens (including phenoxy) is 1. The number of aryl methyl sites for hydroxylation is 1. The standard InChI is InChI=1S/C17H21FN4O3/c1-2-25-14-10-12(18)7-8-13(14)19-16(23)11-22-17(24)21-9-5-3-4-6-15(21)20-22/h7-8,10H,2-6,9,11H2,1H3,(H,19,23). The molecule has 3 rings (SSSR count). The van der Waals surface area contributed by atoms with Crippen molar-refractivity contribution in [2.24, 2.45) is 0 Å². The lowest BCUT2D eigenvalue weighted by Gasteiger charge is -2.11. The summed E-state index contributed by atoms with van der Waals surface area (Å²) >= 11 is 0. The van der Waals surface area contributed by atoms with Crippen molar-refractivity contribution in [1.29, 1.82) is 0 Å². The van der Waals surface area contributed by atoms with Gasteiger partial charge in [-0.25, -0.2) is 13.9 Å². The summed E-state index contributed by atoms with van der Waals surface area (Å²) in [4.78, 5) is 24.7.